The van der Waals surface area contributed by atoms with Crippen LogP contribution in [0.1, 0.15) is 65.7 Å². The highest BCUT2D eigenvalue weighted by Crippen LogP contribution is 2.42. The van der Waals surface area contributed by atoms with E-state index in [4.69, 9.17) is 4.74 Å². The molecule has 1 aliphatic heterocycles. The zero-order valence-electron chi connectivity index (χ0n) is 12.5. The SMILES string of the molecule is CCCNC1CCOC2(CCC(C(C)C)CC2)C1. The molecule has 2 nitrogen and oxygen atoms in total. The molecule has 0 aromatic carbocycles. The summed E-state index contributed by atoms with van der Waals surface area (Å²) < 4.78 is 6.20. The highest BCUT2D eigenvalue weighted by molar-refractivity contribution is 4.94. The number of hydrogen-bond donors (Lipinski definition) is 1. The third kappa shape index (κ3) is 3.48. The normalized spacial score (nSPS) is 37.3. The van der Waals surface area contributed by atoms with Gasteiger partial charge in [0.1, 0.15) is 0 Å². The Balaban J connectivity index is 1.84. The topological polar surface area (TPSA) is 21.3 Å². The van der Waals surface area contributed by atoms with Gasteiger partial charge < -0.3 is 10.1 Å². The minimum atomic E-state index is 0.231. The van der Waals surface area contributed by atoms with Gasteiger partial charge >= 0.3 is 0 Å². The summed E-state index contributed by atoms with van der Waals surface area (Å²) in [6, 6.07) is 0.703. The number of hydrogen-bond acceptors (Lipinski definition) is 2. The molecule has 2 rings (SSSR count). The summed E-state index contributed by atoms with van der Waals surface area (Å²) in [4.78, 5) is 0. The first-order valence-electron chi connectivity index (χ1n) is 8.02. The third-order valence-electron chi connectivity index (χ3n) is 5.06. The Bertz CT molecular complexity index is 243. The molecule has 0 aromatic rings. The molecule has 0 amide bonds. The van der Waals surface area contributed by atoms with Crippen molar-refractivity contribution < 1.29 is 4.74 Å². The molecule has 0 bridgehead atoms. The Morgan fingerprint density at radius 1 is 1.22 bits per heavy atom. The van der Waals surface area contributed by atoms with Crippen molar-refractivity contribution in [1.82, 2.24) is 5.32 Å². The van der Waals surface area contributed by atoms with Gasteiger partial charge in [-0.15, -0.1) is 0 Å². The summed E-state index contributed by atoms with van der Waals surface area (Å²) in [6.45, 7) is 9.12. The molecule has 1 spiro atoms. The lowest BCUT2D eigenvalue weighted by Gasteiger charge is -2.46. The average molecular weight is 253 g/mol. The first-order chi connectivity index (χ1) is 8.65. The zero-order chi connectivity index (χ0) is 13.0. The van der Waals surface area contributed by atoms with Crippen LogP contribution in [0.2, 0.25) is 0 Å². The van der Waals surface area contributed by atoms with Gasteiger partial charge in [0.25, 0.3) is 0 Å². The fourth-order valence-electron chi connectivity index (χ4n) is 3.73. The second kappa shape index (κ2) is 6.38. The Hall–Kier alpha value is -0.0800. The van der Waals surface area contributed by atoms with Gasteiger partial charge in [0.05, 0.1) is 5.60 Å². The summed E-state index contributed by atoms with van der Waals surface area (Å²) in [5, 5.41) is 3.70. The predicted molar refractivity (Wildman–Crippen MR) is 76.8 cm³/mol. The molecule has 1 aliphatic carbocycles. The molecule has 0 aromatic heterocycles. The molecule has 1 saturated heterocycles. The van der Waals surface area contributed by atoms with Gasteiger partial charge in [-0.05, 0) is 63.3 Å². The van der Waals surface area contributed by atoms with Crippen molar-refractivity contribution in [1.29, 1.82) is 0 Å². The molecule has 1 heterocycles. The van der Waals surface area contributed by atoms with Gasteiger partial charge in [-0.2, -0.15) is 0 Å². The molecule has 1 saturated carbocycles. The molecule has 1 atom stereocenters. The standard InChI is InChI=1S/C16H31NO/c1-4-10-17-15-7-11-18-16(12-15)8-5-14(6-9-16)13(2)3/h13-15,17H,4-12H2,1-3H3. The maximum Gasteiger partial charge on any atom is 0.0697 e. The Labute approximate surface area is 113 Å². The van der Waals surface area contributed by atoms with Gasteiger partial charge in [-0.1, -0.05) is 20.8 Å². The van der Waals surface area contributed by atoms with Gasteiger partial charge in [-0.3, -0.25) is 0 Å². The van der Waals surface area contributed by atoms with E-state index in [-0.39, 0.29) is 5.60 Å². The Morgan fingerprint density at radius 2 is 1.94 bits per heavy atom. The number of nitrogens with one attached hydrogen (secondary N) is 1. The molecule has 2 aliphatic rings. The van der Waals surface area contributed by atoms with Gasteiger partial charge in [0.2, 0.25) is 0 Å². The highest BCUT2D eigenvalue weighted by Gasteiger charge is 2.40. The van der Waals surface area contributed by atoms with Crippen LogP contribution in [0.25, 0.3) is 0 Å². The van der Waals surface area contributed by atoms with E-state index >= 15 is 0 Å². The van der Waals surface area contributed by atoms with Crippen molar-refractivity contribution in [3.63, 3.8) is 0 Å². The fourth-order valence-corrected chi connectivity index (χ4v) is 3.73. The monoisotopic (exact) mass is 253 g/mol. The molecule has 18 heavy (non-hydrogen) atoms. The van der Waals surface area contributed by atoms with Crippen molar-refractivity contribution in [2.45, 2.75) is 77.4 Å². The van der Waals surface area contributed by atoms with Crippen molar-refractivity contribution in [3.05, 3.63) is 0 Å². The lowest BCUT2D eigenvalue weighted by Crippen LogP contribution is -2.49. The van der Waals surface area contributed by atoms with Crippen molar-refractivity contribution >= 4 is 0 Å². The van der Waals surface area contributed by atoms with Crippen LogP contribution in [-0.2, 0) is 4.74 Å². The molecule has 2 heteroatoms. The molecule has 2 fully saturated rings. The quantitative estimate of drug-likeness (QED) is 0.824. The van der Waals surface area contributed by atoms with E-state index < -0.39 is 0 Å². The Kier molecular flexibility index (Phi) is 5.08. The second-order valence-corrected chi connectivity index (χ2v) is 6.76. The first-order valence-corrected chi connectivity index (χ1v) is 8.02. The van der Waals surface area contributed by atoms with Gasteiger partial charge in [0, 0.05) is 12.6 Å². The average Bonchev–Trinajstić information content (AvgIpc) is 2.37. The lowest BCUT2D eigenvalue weighted by molar-refractivity contribution is -0.117. The maximum atomic E-state index is 6.20. The molecular weight excluding hydrogens is 222 g/mol. The van der Waals surface area contributed by atoms with Gasteiger partial charge in [0.15, 0.2) is 0 Å². The van der Waals surface area contributed by atoms with Crippen molar-refractivity contribution in [2.24, 2.45) is 11.8 Å². The minimum absolute atomic E-state index is 0.231. The summed E-state index contributed by atoms with van der Waals surface area (Å²) in [7, 11) is 0. The molecule has 106 valence electrons. The summed E-state index contributed by atoms with van der Waals surface area (Å²) in [5.41, 5.74) is 0.231. The predicted octanol–water partition coefficient (Wildman–Crippen LogP) is 3.75. The van der Waals surface area contributed by atoms with Crippen LogP contribution in [0, 0.1) is 11.8 Å². The lowest BCUT2D eigenvalue weighted by atomic mass is 9.71. The van der Waals surface area contributed by atoms with Gasteiger partial charge in [-0.25, -0.2) is 0 Å². The van der Waals surface area contributed by atoms with Crippen LogP contribution in [0.5, 0.6) is 0 Å². The first kappa shape index (κ1) is 14.3. The van der Waals surface area contributed by atoms with Crippen LogP contribution in [0.3, 0.4) is 0 Å². The third-order valence-corrected chi connectivity index (χ3v) is 5.06. The van der Waals surface area contributed by atoms with Crippen molar-refractivity contribution in [2.75, 3.05) is 13.2 Å². The van der Waals surface area contributed by atoms with Crippen LogP contribution >= 0.6 is 0 Å². The molecule has 0 radical (unpaired) electrons. The van der Waals surface area contributed by atoms with E-state index in [2.05, 4.69) is 26.1 Å². The summed E-state index contributed by atoms with van der Waals surface area (Å²) >= 11 is 0. The second-order valence-electron chi connectivity index (χ2n) is 6.76. The highest BCUT2D eigenvalue weighted by atomic mass is 16.5. The van der Waals surface area contributed by atoms with E-state index in [9.17, 15) is 0 Å². The van der Waals surface area contributed by atoms with Crippen LogP contribution in [0.4, 0.5) is 0 Å². The molecular formula is C16H31NO. The molecule has 1 unspecified atom stereocenters. The van der Waals surface area contributed by atoms with Crippen LogP contribution in [0.15, 0.2) is 0 Å². The smallest absolute Gasteiger partial charge is 0.0697 e. The van der Waals surface area contributed by atoms with Crippen LogP contribution < -0.4 is 5.32 Å². The van der Waals surface area contributed by atoms with E-state index in [1.807, 2.05) is 0 Å². The van der Waals surface area contributed by atoms with E-state index in [0.717, 1.165) is 25.0 Å². The Morgan fingerprint density at radius 3 is 2.56 bits per heavy atom. The summed E-state index contributed by atoms with van der Waals surface area (Å²) in [6.07, 6.45) is 9.02. The molecule has 1 N–H and O–H groups in total. The van der Waals surface area contributed by atoms with E-state index in [0.29, 0.717) is 6.04 Å². The largest absolute Gasteiger partial charge is 0.375 e. The van der Waals surface area contributed by atoms with Crippen LogP contribution in [-0.4, -0.2) is 24.8 Å². The zero-order valence-corrected chi connectivity index (χ0v) is 12.5. The number of rotatable bonds is 4. The number of ether oxygens (including phenoxy) is 1. The van der Waals surface area contributed by atoms with E-state index in [1.54, 1.807) is 0 Å². The summed E-state index contributed by atoms with van der Waals surface area (Å²) in [5.74, 6) is 1.78. The maximum absolute atomic E-state index is 6.20. The van der Waals surface area contributed by atoms with E-state index in [1.165, 1.54) is 44.9 Å². The fraction of sp³-hybridized carbons (Fsp3) is 1.00. The van der Waals surface area contributed by atoms with Crippen molar-refractivity contribution in [3.8, 4) is 0 Å². The minimum Gasteiger partial charge on any atom is -0.375 e.